The molecule has 4 rings (SSSR count). The highest BCUT2D eigenvalue weighted by molar-refractivity contribution is 6.44. The highest BCUT2D eigenvalue weighted by atomic mass is 19.1. The molecule has 3 aromatic rings. The fourth-order valence-corrected chi connectivity index (χ4v) is 4.35. The monoisotopic (exact) mass is 466 g/mol. The van der Waals surface area contributed by atoms with E-state index >= 15 is 0 Å². The lowest BCUT2D eigenvalue weighted by molar-refractivity contribution is -0.116. The number of likely N-dealkylation sites (N-methyl/N-ethyl adjacent to an activating group) is 1. The number of hydrogen-bond acceptors (Lipinski definition) is 5. The van der Waals surface area contributed by atoms with E-state index in [9.17, 15) is 18.8 Å². The van der Waals surface area contributed by atoms with Crippen LogP contribution in [0.5, 0.6) is 5.88 Å². The first-order valence-electron chi connectivity index (χ1n) is 11.3. The van der Waals surface area contributed by atoms with E-state index in [1.165, 1.54) is 25.4 Å². The van der Waals surface area contributed by atoms with Crippen molar-refractivity contribution in [2.24, 2.45) is 5.92 Å². The number of aromatic nitrogens is 2. The Labute approximate surface area is 196 Å². The molecule has 2 N–H and O–H groups in total. The number of likely N-dealkylation sites (tertiary alicyclic amines) is 1. The molecular formula is C25H27FN4O4. The molecule has 1 aromatic carbocycles. The molecule has 0 bridgehead atoms. The Morgan fingerprint density at radius 2 is 1.88 bits per heavy atom. The van der Waals surface area contributed by atoms with E-state index in [1.54, 1.807) is 30.0 Å². The molecule has 178 valence electrons. The molecule has 8 nitrogen and oxygen atoms in total. The number of pyridine rings is 1. The van der Waals surface area contributed by atoms with Gasteiger partial charge >= 0.3 is 0 Å². The molecule has 1 aliphatic heterocycles. The largest absolute Gasteiger partial charge is 0.480 e. The van der Waals surface area contributed by atoms with E-state index in [0.29, 0.717) is 36.6 Å². The number of Topliss-reactive ketones (excluding diaryl/α,β-unsaturated/α-hetero) is 1. The molecule has 1 fully saturated rings. The number of ether oxygens (including phenoxy) is 1. The fraction of sp³-hybridized carbons (Fsp3) is 0.360. The van der Waals surface area contributed by atoms with Crippen LogP contribution in [-0.4, -0.2) is 59.2 Å². The lowest BCUT2D eigenvalue weighted by atomic mass is 9.90. The maximum atomic E-state index is 13.4. The van der Waals surface area contributed by atoms with E-state index in [2.05, 4.69) is 15.3 Å². The number of rotatable bonds is 7. The van der Waals surface area contributed by atoms with Gasteiger partial charge in [0, 0.05) is 31.2 Å². The van der Waals surface area contributed by atoms with Gasteiger partial charge in [-0.05, 0) is 55.9 Å². The Hall–Kier alpha value is -3.75. The molecular weight excluding hydrogens is 439 g/mol. The molecule has 34 heavy (non-hydrogen) atoms. The zero-order chi connectivity index (χ0) is 24.2. The molecule has 2 amide bonds. The number of nitrogens with zero attached hydrogens (tertiary/aromatic N) is 2. The summed E-state index contributed by atoms with van der Waals surface area (Å²) in [5.41, 5.74) is 1.85. The molecule has 1 aliphatic rings. The highest BCUT2D eigenvalue weighted by Gasteiger charge is 2.28. The molecule has 3 heterocycles. The van der Waals surface area contributed by atoms with Crippen LogP contribution in [0.1, 0.15) is 46.0 Å². The number of carbonyl (C=O) groups is 3. The number of aromatic amines is 1. The van der Waals surface area contributed by atoms with Crippen molar-refractivity contribution < 1.29 is 23.5 Å². The number of amides is 2. The average molecular weight is 467 g/mol. The van der Waals surface area contributed by atoms with Gasteiger partial charge in [0.2, 0.25) is 5.88 Å². The normalized spacial score (nSPS) is 14.3. The molecule has 2 aromatic heterocycles. The minimum atomic E-state index is -0.713. The number of benzene rings is 1. The van der Waals surface area contributed by atoms with Gasteiger partial charge in [-0.25, -0.2) is 4.39 Å². The molecule has 0 atom stereocenters. The minimum absolute atomic E-state index is 0.156. The van der Waals surface area contributed by atoms with E-state index in [1.807, 2.05) is 0 Å². The maximum Gasteiger partial charge on any atom is 0.292 e. The van der Waals surface area contributed by atoms with Crippen molar-refractivity contribution in [2.45, 2.75) is 26.2 Å². The van der Waals surface area contributed by atoms with Gasteiger partial charge in [0.15, 0.2) is 0 Å². The zero-order valence-electron chi connectivity index (χ0n) is 19.2. The second kappa shape index (κ2) is 10.0. The van der Waals surface area contributed by atoms with Crippen LogP contribution >= 0.6 is 0 Å². The predicted octanol–water partition coefficient (Wildman–Crippen LogP) is 3.12. The predicted molar refractivity (Wildman–Crippen MR) is 124 cm³/mol. The summed E-state index contributed by atoms with van der Waals surface area (Å²) in [6, 6.07) is 8.10. The molecule has 0 unspecified atom stereocenters. The molecule has 0 radical (unpaired) electrons. The molecule has 0 spiro atoms. The van der Waals surface area contributed by atoms with Crippen LogP contribution in [-0.2, 0) is 11.2 Å². The molecule has 0 saturated carbocycles. The van der Waals surface area contributed by atoms with Crippen molar-refractivity contribution in [3.05, 3.63) is 59.0 Å². The van der Waals surface area contributed by atoms with Gasteiger partial charge in [-0.1, -0.05) is 12.1 Å². The third-order valence-corrected chi connectivity index (χ3v) is 6.18. The topological polar surface area (TPSA) is 104 Å². The standard InChI is InChI=1S/C25H27FN4O4/c1-3-27-23(32)21(31)20-14-28-22-18(20)13-19(24(29-22)34-2)25(33)30-10-8-16(9-11-30)12-15-4-6-17(26)7-5-15/h4-7,13-14,16H,3,8-12H2,1-2H3,(H,27,32)(H,28,29). The number of carbonyl (C=O) groups excluding carboxylic acids is 3. The van der Waals surface area contributed by atoms with Crippen molar-refractivity contribution >= 4 is 28.6 Å². The number of methoxy groups -OCH3 is 1. The van der Waals surface area contributed by atoms with Gasteiger partial charge in [-0.2, -0.15) is 4.98 Å². The summed E-state index contributed by atoms with van der Waals surface area (Å²) in [5, 5.41) is 2.89. The highest BCUT2D eigenvalue weighted by Crippen LogP contribution is 2.28. The molecule has 0 aliphatic carbocycles. The third kappa shape index (κ3) is 4.78. The first kappa shape index (κ1) is 23.4. The van der Waals surface area contributed by atoms with Gasteiger partial charge in [0.05, 0.1) is 12.7 Å². The molecule has 1 saturated heterocycles. The Balaban J connectivity index is 1.51. The van der Waals surface area contributed by atoms with Crippen molar-refractivity contribution in [3.63, 3.8) is 0 Å². The van der Waals surface area contributed by atoms with Gasteiger partial charge in [-0.15, -0.1) is 0 Å². The second-order valence-corrected chi connectivity index (χ2v) is 8.40. The summed E-state index contributed by atoms with van der Waals surface area (Å²) in [7, 11) is 1.43. The van der Waals surface area contributed by atoms with Crippen LogP contribution in [0.2, 0.25) is 0 Å². The summed E-state index contributed by atoms with van der Waals surface area (Å²) >= 11 is 0. The number of halogens is 1. The number of nitrogens with one attached hydrogen (secondary N) is 2. The van der Waals surface area contributed by atoms with Crippen LogP contribution in [0.3, 0.4) is 0 Å². The summed E-state index contributed by atoms with van der Waals surface area (Å²) in [5.74, 6) is -1.32. The van der Waals surface area contributed by atoms with Gasteiger partial charge in [-0.3, -0.25) is 14.4 Å². The zero-order valence-corrected chi connectivity index (χ0v) is 19.2. The van der Waals surface area contributed by atoms with Crippen LogP contribution in [0.25, 0.3) is 11.0 Å². The number of piperidine rings is 1. The van der Waals surface area contributed by atoms with E-state index in [0.717, 1.165) is 24.8 Å². The number of H-pyrrole nitrogens is 1. The van der Waals surface area contributed by atoms with Crippen molar-refractivity contribution in [1.82, 2.24) is 20.2 Å². The van der Waals surface area contributed by atoms with Gasteiger partial charge < -0.3 is 19.9 Å². The number of ketones is 1. The lowest BCUT2D eigenvalue weighted by Crippen LogP contribution is -2.39. The average Bonchev–Trinajstić information content (AvgIpc) is 3.27. The van der Waals surface area contributed by atoms with Crippen LogP contribution < -0.4 is 10.1 Å². The number of hydrogen-bond donors (Lipinski definition) is 2. The summed E-state index contributed by atoms with van der Waals surface area (Å²) in [6.45, 7) is 3.21. The first-order chi connectivity index (χ1) is 16.4. The van der Waals surface area contributed by atoms with Crippen LogP contribution in [0.15, 0.2) is 36.5 Å². The van der Waals surface area contributed by atoms with Gasteiger partial charge in [0.25, 0.3) is 17.6 Å². The Morgan fingerprint density at radius 1 is 1.18 bits per heavy atom. The van der Waals surface area contributed by atoms with Crippen LogP contribution in [0, 0.1) is 11.7 Å². The van der Waals surface area contributed by atoms with E-state index in [-0.39, 0.29) is 28.7 Å². The van der Waals surface area contributed by atoms with E-state index < -0.39 is 11.7 Å². The Kier molecular flexibility index (Phi) is 6.90. The Morgan fingerprint density at radius 3 is 2.53 bits per heavy atom. The van der Waals surface area contributed by atoms with Gasteiger partial charge in [0.1, 0.15) is 17.0 Å². The van der Waals surface area contributed by atoms with Crippen LogP contribution in [0.4, 0.5) is 4.39 Å². The molecule has 9 heteroatoms. The first-order valence-corrected chi connectivity index (χ1v) is 11.3. The van der Waals surface area contributed by atoms with E-state index in [4.69, 9.17) is 4.74 Å². The quantitative estimate of drug-likeness (QED) is 0.411. The minimum Gasteiger partial charge on any atom is -0.480 e. The lowest BCUT2D eigenvalue weighted by Gasteiger charge is -2.32. The van der Waals surface area contributed by atoms with Crippen molar-refractivity contribution in [3.8, 4) is 5.88 Å². The van der Waals surface area contributed by atoms with Crippen molar-refractivity contribution in [1.29, 1.82) is 0 Å². The second-order valence-electron chi connectivity index (χ2n) is 8.40. The van der Waals surface area contributed by atoms with Crippen molar-refractivity contribution in [2.75, 3.05) is 26.7 Å². The summed E-state index contributed by atoms with van der Waals surface area (Å²) in [6.07, 6.45) is 3.91. The summed E-state index contributed by atoms with van der Waals surface area (Å²) in [4.78, 5) is 46.9. The summed E-state index contributed by atoms with van der Waals surface area (Å²) < 4.78 is 18.5. The Bertz CT molecular complexity index is 1210. The number of fused-ring (bicyclic) bond motifs is 1. The maximum absolute atomic E-state index is 13.4. The smallest absolute Gasteiger partial charge is 0.292 e. The third-order valence-electron chi connectivity index (χ3n) is 6.18. The SMILES string of the molecule is CCNC(=O)C(=O)c1c[nH]c2nc(OC)c(C(=O)N3CCC(Cc4ccc(F)cc4)CC3)cc12. The fourth-order valence-electron chi connectivity index (χ4n) is 4.35.